The molecule has 0 fully saturated rings. The number of carbonyl (C=O) groups excluding carboxylic acids is 1. The van der Waals surface area contributed by atoms with Crippen molar-refractivity contribution >= 4 is 11.6 Å². The molecule has 4 rings (SSSR count). The summed E-state index contributed by atoms with van der Waals surface area (Å²) in [6, 6.07) is 25.8. The van der Waals surface area contributed by atoms with Crippen LogP contribution in [-0.2, 0) is 17.9 Å². The first kappa shape index (κ1) is 20.0. The van der Waals surface area contributed by atoms with Gasteiger partial charge in [0.05, 0.1) is 6.54 Å². The summed E-state index contributed by atoms with van der Waals surface area (Å²) < 4.78 is 11.5. The van der Waals surface area contributed by atoms with Crippen LogP contribution in [0.4, 0.5) is 5.69 Å². The van der Waals surface area contributed by atoms with E-state index in [1.807, 2.05) is 62.4 Å². The Morgan fingerprint density at radius 1 is 0.833 bits per heavy atom. The number of hydrogen-bond acceptors (Lipinski definition) is 4. The van der Waals surface area contributed by atoms with E-state index >= 15 is 0 Å². The quantitative estimate of drug-likeness (QED) is 0.615. The standard InChI is InChI=1S/C25H26N2O3/c1-25(2)29-22-14-13-21(15-23(22)30-25)26-24(28)18-27(16-19-9-5-3-6-10-19)17-20-11-7-4-8-12-20/h3-15H,16-18H2,1-2H3,(H,26,28). The number of benzene rings is 3. The number of amides is 1. The van der Waals surface area contributed by atoms with Gasteiger partial charge >= 0.3 is 0 Å². The van der Waals surface area contributed by atoms with Gasteiger partial charge in [0, 0.05) is 38.7 Å². The maximum Gasteiger partial charge on any atom is 0.246 e. The van der Waals surface area contributed by atoms with Gasteiger partial charge in [-0.2, -0.15) is 0 Å². The lowest BCUT2D eigenvalue weighted by Crippen LogP contribution is -2.32. The minimum absolute atomic E-state index is 0.0695. The van der Waals surface area contributed by atoms with Gasteiger partial charge in [-0.05, 0) is 23.3 Å². The van der Waals surface area contributed by atoms with Gasteiger partial charge in [0.15, 0.2) is 11.5 Å². The normalized spacial score (nSPS) is 14.0. The molecule has 3 aromatic carbocycles. The van der Waals surface area contributed by atoms with Crippen molar-refractivity contribution in [2.24, 2.45) is 0 Å². The molecular formula is C25H26N2O3. The lowest BCUT2D eigenvalue weighted by atomic mass is 10.1. The van der Waals surface area contributed by atoms with Gasteiger partial charge in [-0.25, -0.2) is 0 Å². The van der Waals surface area contributed by atoms with Crippen LogP contribution in [0, 0.1) is 0 Å². The molecule has 0 aromatic heterocycles. The molecule has 30 heavy (non-hydrogen) atoms. The fourth-order valence-corrected chi connectivity index (χ4v) is 3.55. The fourth-order valence-electron chi connectivity index (χ4n) is 3.55. The number of hydrogen-bond donors (Lipinski definition) is 1. The monoisotopic (exact) mass is 402 g/mol. The second-order valence-corrected chi connectivity index (χ2v) is 7.93. The molecule has 5 nitrogen and oxygen atoms in total. The van der Waals surface area contributed by atoms with E-state index in [0.29, 0.717) is 30.3 Å². The van der Waals surface area contributed by atoms with Crippen LogP contribution in [0.3, 0.4) is 0 Å². The van der Waals surface area contributed by atoms with Crippen LogP contribution in [-0.4, -0.2) is 23.1 Å². The van der Waals surface area contributed by atoms with Crippen LogP contribution in [0.15, 0.2) is 78.9 Å². The average Bonchev–Trinajstić information content (AvgIpc) is 3.02. The first-order valence-electron chi connectivity index (χ1n) is 10.1. The molecule has 0 aliphatic carbocycles. The van der Waals surface area contributed by atoms with Gasteiger partial charge < -0.3 is 14.8 Å². The number of fused-ring (bicyclic) bond motifs is 1. The van der Waals surface area contributed by atoms with Crippen molar-refractivity contribution in [3.63, 3.8) is 0 Å². The minimum Gasteiger partial charge on any atom is -0.449 e. The molecule has 0 saturated heterocycles. The highest BCUT2D eigenvalue weighted by molar-refractivity contribution is 5.92. The van der Waals surface area contributed by atoms with Crippen molar-refractivity contribution in [2.75, 3.05) is 11.9 Å². The predicted octanol–water partition coefficient (Wildman–Crippen LogP) is 4.83. The van der Waals surface area contributed by atoms with Crippen molar-refractivity contribution in [3.05, 3.63) is 90.0 Å². The van der Waals surface area contributed by atoms with E-state index in [1.165, 1.54) is 11.1 Å². The summed E-state index contributed by atoms with van der Waals surface area (Å²) in [5.74, 6) is 0.573. The van der Waals surface area contributed by atoms with Crippen molar-refractivity contribution < 1.29 is 14.3 Å². The van der Waals surface area contributed by atoms with Crippen molar-refractivity contribution in [2.45, 2.75) is 32.7 Å². The van der Waals surface area contributed by atoms with Gasteiger partial charge in [-0.1, -0.05) is 60.7 Å². The van der Waals surface area contributed by atoms with E-state index < -0.39 is 5.79 Å². The number of nitrogens with one attached hydrogen (secondary N) is 1. The van der Waals surface area contributed by atoms with Gasteiger partial charge in [0.1, 0.15) is 0 Å². The summed E-state index contributed by atoms with van der Waals surface area (Å²) in [6.07, 6.45) is 0. The smallest absolute Gasteiger partial charge is 0.246 e. The summed E-state index contributed by atoms with van der Waals surface area (Å²) in [5.41, 5.74) is 3.04. The molecule has 0 radical (unpaired) electrons. The van der Waals surface area contributed by atoms with Crippen LogP contribution in [0.2, 0.25) is 0 Å². The Morgan fingerprint density at radius 3 is 2.00 bits per heavy atom. The Labute approximate surface area is 177 Å². The molecule has 5 heteroatoms. The molecule has 0 bridgehead atoms. The van der Waals surface area contributed by atoms with Crippen LogP contribution in [0.25, 0.3) is 0 Å². The average molecular weight is 402 g/mol. The Kier molecular flexibility index (Phi) is 5.72. The van der Waals surface area contributed by atoms with E-state index in [4.69, 9.17) is 9.47 Å². The van der Waals surface area contributed by atoms with Crippen LogP contribution in [0.5, 0.6) is 11.5 Å². The molecule has 0 spiro atoms. The van der Waals surface area contributed by atoms with Crippen LogP contribution >= 0.6 is 0 Å². The molecule has 0 saturated carbocycles. The molecule has 3 aromatic rings. The van der Waals surface area contributed by atoms with E-state index in [2.05, 4.69) is 34.5 Å². The topological polar surface area (TPSA) is 50.8 Å². The number of nitrogens with zero attached hydrogens (tertiary/aromatic N) is 1. The van der Waals surface area contributed by atoms with Crippen molar-refractivity contribution in [1.29, 1.82) is 0 Å². The highest BCUT2D eigenvalue weighted by Crippen LogP contribution is 2.40. The molecule has 1 N–H and O–H groups in total. The summed E-state index contributed by atoms with van der Waals surface area (Å²) in [6.45, 7) is 5.38. The summed E-state index contributed by atoms with van der Waals surface area (Å²) in [5, 5.41) is 2.98. The molecule has 1 aliphatic heterocycles. The molecule has 1 aliphatic rings. The number of ether oxygens (including phenoxy) is 2. The van der Waals surface area contributed by atoms with E-state index in [-0.39, 0.29) is 12.5 Å². The van der Waals surface area contributed by atoms with E-state index in [9.17, 15) is 4.79 Å². The predicted molar refractivity (Wildman–Crippen MR) is 117 cm³/mol. The molecule has 1 heterocycles. The maximum atomic E-state index is 12.8. The van der Waals surface area contributed by atoms with E-state index in [0.717, 1.165) is 0 Å². The molecule has 0 unspecified atom stereocenters. The SMILES string of the molecule is CC1(C)Oc2ccc(NC(=O)CN(Cc3ccccc3)Cc3ccccc3)cc2O1. The van der Waals surface area contributed by atoms with Crippen LogP contribution in [0.1, 0.15) is 25.0 Å². The highest BCUT2D eigenvalue weighted by atomic mass is 16.7. The Bertz CT molecular complexity index is 962. The second kappa shape index (κ2) is 8.59. The zero-order valence-electron chi connectivity index (χ0n) is 17.3. The lowest BCUT2D eigenvalue weighted by molar-refractivity contribution is -0.117. The van der Waals surface area contributed by atoms with Gasteiger partial charge in [0.25, 0.3) is 0 Å². The molecular weight excluding hydrogens is 376 g/mol. The number of rotatable bonds is 7. The zero-order chi connectivity index (χ0) is 21.0. The Hall–Kier alpha value is -3.31. The van der Waals surface area contributed by atoms with Crippen molar-refractivity contribution in [1.82, 2.24) is 4.90 Å². The third-order valence-electron chi connectivity index (χ3n) is 4.80. The highest BCUT2D eigenvalue weighted by Gasteiger charge is 2.31. The van der Waals surface area contributed by atoms with Crippen molar-refractivity contribution in [3.8, 4) is 11.5 Å². The van der Waals surface area contributed by atoms with Gasteiger partial charge in [-0.3, -0.25) is 9.69 Å². The first-order valence-corrected chi connectivity index (χ1v) is 10.1. The fraction of sp³-hybridized carbons (Fsp3) is 0.240. The Balaban J connectivity index is 1.44. The minimum atomic E-state index is -0.687. The zero-order valence-corrected chi connectivity index (χ0v) is 17.3. The number of anilines is 1. The Morgan fingerprint density at radius 2 is 1.40 bits per heavy atom. The second-order valence-electron chi connectivity index (χ2n) is 7.93. The third-order valence-corrected chi connectivity index (χ3v) is 4.80. The number of carbonyl (C=O) groups is 1. The summed E-state index contributed by atoms with van der Waals surface area (Å²) in [4.78, 5) is 14.9. The molecule has 154 valence electrons. The first-order chi connectivity index (χ1) is 14.5. The third kappa shape index (κ3) is 5.19. The molecule has 1 amide bonds. The van der Waals surface area contributed by atoms with Crippen LogP contribution < -0.4 is 14.8 Å². The summed E-state index contributed by atoms with van der Waals surface area (Å²) >= 11 is 0. The lowest BCUT2D eigenvalue weighted by Gasteiger charge is -2.22. The van der Waals surface area contributed by atoms with Gasteiger partial charge in [0.2, 0.25) is 11.7 Å². The molecule has 0 atom stereocenters. The largest absolute Gasteiger partial charge is 0.449 e. The summed E-state index contributed by atoms with van der Waals surface area (Å²) in [7, 11) is 0. The van der Waals surface area contributed by atoms with Gasteiger partial charge in [-0.15, -0.1) is 0 Å². The maximum absolute atomic E-state index is 12.8. The van der Waals surface area contributed by atoms with E-state index in [1.54, 1.807) is 6.07 Å².